The lowest BCUT2D eigenvalue weighted by Gasteiger charge is -2.08. The molecule has 126 valence electrons. The Balaban J connectivity index is 1.73. The van der Waals surface area contributed by atoms with Crippen molar-refractivity contribution in [1.29, 1.82) is 0 Å². The average Bonchev–Trinajstić information content (AvgIpc) is 3.30. The third kappa shape index (κ3) is 3.06. The highest BCUT2D eigenvalue weighted by molar-refractivity contribution is 7.07. The van der Waals surface area contributed by atoms with Crippen molar-refractivity contribution in [3.63, 3.8) is 0 Å². The lowest BCUT2D eigenvalue weighted by molar-refractivity contribution is 0.415. The van der Waals surface area contributed by atoms with Gasteiger partial charge in [-0.15, -0.1) is 11.3 Å². The summed E-state index contributed by atoms with van der Waals surface area (Å²) in [7, 11) is 1.62. The van der Waals surface area contributed by atoms with Gasteiger partial charge in [-0.25, -0.2) is 9.97 Å². The average molecular weight is 352 g/mol. The molecule has 1 N–H and O–H groups in total. The molecular formula is C18H16N4O2S. The van der Waals surface area contributed by atoms with Gasteiger partial charge in [0.2, 0.25) is 0 Å². The van der Waals surface area contributed by atoms with Gasteiger partial charge in [0.15, 0.2) is 0 Å². The van der Waals surface area contributed by atoms with E-state index < -0.39 is 0 Å². The second kappa shape index (κ2) is 6.52. The van der Waals surface area contributed by atoms with E-state index in [1.807, 2.05) is 45.9 Å². The molecule has 0 atom stereocenters. The SMILES string of the molecule is COc1ccc2[nH]c(=O)c(-c3nccn3CCc3cscn3)cc2c1. The Bertz CT molecular complexity index is 1070. The third-order valence-corrected chi connectivity index (χ3v) is 4.74. The van der Waals surface area contributed by atoms with Crippen LogP contribution in [0, 0.1) is 0 Å². The summed E-state index contributed by atoms with van der Waals surface area (Å²) in [5.74, 6) is 1.40. The van der Waals surface area contributed by atoms with Crippen molar-refractivity contribution in [1.82, 2.24) is 19.5 Å². The van der Waals surface area contributed by atoms with Crippen LogP contribution in [0.5, 0.6) is 5.75 Å². The Hall–Kier alpha value is -2.93. The molecule has 0 fully saturated rings. The van der Waals surface area contributed by atoms with E-state index in [1.165, 1.54) is 0 Å². The predicted molar refractivity (Wildman–Crippen MR) is 98.2 cm³/mol. The molecule has 4 rings (SSSR count). The first kappa shape index (κ1) is 15.6. The number of hydrogen-bond donors (Lipinski definition) is 1. The molecule has 3 aromatic heterocycles. The van der Waals surface area contributed by atoms with Crippen molar-refractivity contribution >= 4 is 22.2 Å². The van der Waals surface area contributed by atoms with E-state index in [1.54, 1.807) is 24.6 Å². The Morgan fingerprint density at radius 2 is 2.20 bits per heavy atom. The minimum absolute atomic E-state index is 0.154. The van der Waals surface area contributed by atoms with E-state index in [0.29, 0.717) is 17.9 Å². The van der Waals surface area contributed by atoms with Crippen LogP contribution >= 0.6 is 11.3 Å². The quantitative estimate of drug-likeness (QED) is 0.599. The van der Waals surface area contributed by atoms with E-state index in [4.69, 9.17) is 4.74 Å². The van der Waals surface area contributed by atoms with Crippen LogP contribution in [0.1, 0.15) is 5.69 Å². The van der Waals surface area contributed by atoms with Gasteiger partial charge in [0.05, 0.1) is 23.9 Å². The number of nitrogens with one attached hydrogen (secondary N) is 1. The largest absolute Gasteiger partial charge is 0.497 e. The molecule has 0 unspecified atom stereocenters. The summed E-state index contributed by atoms with van der Waals surface area (Å²) in [6, 6.07) is 7.43. The van der Waals surface area contributed by atoms with Crippen LogP contribution in [0.4, 0.5) is 0 Å². The zero-order valence-corrected chi connectivity index (χ0v) is 14.4. The molecule has 3 heterocycles. The zero-order valence-electron chi connectivity index (χ0n) is 13.6. The molecule has 0 radical (unpaired) electrons. The molecule has 0 saturated carbocycles. The Morgan fingerprint density at radius 3 is 3.00 bits per heavy atom. The summed E-state index contributed by atoms with van der Waals surface area (Å²) in [6.07, 6.45) is 4.40. The Labute approximate surface area is 147 Å². The summed E-state index contributed by atoms with van der Waals surface area (Å²) >= 11 is 1.58. The molecule has 7 heteroatoms. The summed E-state index contributed by atoms with van der Waals surface area (Å²) < 4.78 is 7.25. The zero-order chi connectivity index (χ0) is 17.2. The van der Waals surface area contributed by atoms with Crippen molar-refractivity contribution in [3.8, 4) is 17.1 Å². The van der Waals surface area contributed by atoms with Crippen LogP contribution in [-0.4, -0.2) is 26.6 Å². The highest BCUT2D eigenvalue weighted by atomic mass is 32.1. The summed E-state index contributed by atoms with van der Waals surface area (Å²) in [5.41, 5.74) is 4.03. The first-order valence-electron chi connectivity index (χ1n) is 7.84. The van der Waals surface area contributed by atoms with Gasteiger partial charge in [0, 0.05) is 41.6 Å². The van der Waals surface area contributed by atoms with Gasteiger partial charge in [-0.1, -0.05) is 0 Å². The van der Waals surface area contributed by atoms with Crippen molar-refractivity contribution < 1.29 is 4.74 Å². The summed E-state index contributed by atoms with van der Waals surface area (Å²) in [6.45, 7) is 0.717. The molecule has 0 saturated heterocycles. The topological polar surface area (TPSA) is 72.8 Å². The molecule has 0 aliphatic heterocycles. The van der Waals surface area contributed by atoms with E-state index in [2.05, 4.69) is 15.0 Å². The third-order valence-electron chi connectivity index (χ3n) is 4.10. The van der Waals surface area contributed by atoms with Gasteiger partial charge in [-0.2, -0.15) is 0 Å². The van der Waals surface area contributed by atoms with E-state index in [0.717, 1.165) is 28.8 Å². The van der Waals surface area contributed by atoms with Crippen LogP contribution < -0.4 is 10.3 Å². The van der Waals surface area contributed by atoms with Crippen LogP contribution in [0.2, 0.25) is 0 Å². The number of hydrogen-bond acceptors (Lipinski definition) is 5. The fourth-order valence-electron chi connectivity index (χ4n) is 2.81. The molecule has 0 aliphatic carbocycles. The number of nitrogens with zero attached hydrogens (tertiary/aromatic N) is 3. The van der Waals surface area contributed by atoms with Crippen molar-refractivity contribution in [2.24, 2.45) is 0 Å². The number of aromatic amines is 1. The van der Waals surface area contributed by atoms with Gasteiger partial charge in [0.25, 0.3) is 5.56 Å². The number of imidazole rings is 1. The first-order chi connectivity index (χ1) is 12.2. The van der Waals surface area contributed by atoms with Gasteiger partial charge >= 0.3 is 0 Å². The first-order valence-corrected chi connectivity index (χ1v) is 8.78. The number of aromatic nitrogens is 4. The fourth-order valence-corrected chi connectivity index (χ4v) is 3.40. The fraction of sp³-hybridized carbons (Fsp3) is 0.167. The molecule has 6 nitrogen and oxygen atoms in total. The monoisotopic (exact) mass is 352 g/mol. The van der Waals surface area contributed by atoms with Gasteiger partial charge in [0.1, 0.15) is 11.6 Å². The standard InChI is InChI=1S/C18H16N4O2S/c1-24-14-2-3-16-12(8-14)9-15(18(23)21-16)17-19-5-7-22(17)6-4-13-10-25-11-20-13/h2-3,5,7-11H,4,6H2,1H3,(H,21,23). The Kier molecular flexibility index (Phi) is 4.07. The second-order valence-corrected chi connectivity index (χ2v) is 6.36. The summed E-state index contributed by atoms with van der Waals surface area (Å²) in [5, 5.41) is 2.94. The lowest BCUT2D eigenvalue weighted by atomic mass is 10.1. The second-order valence-electron chi connectivity index (χ2n) is 5.64. The highest BCUT2D eigenvalue weighted by Gasteiger charge is 2.12. The van der Waals surface area contributed by atoms with Gasteiger partial charge < -0.3 is 14.3 Å². The van der Waals surface area contributed by atoms with Crippen LogP contribution in [0.15, 0.2) is 52.3 Å². The van der Waals surface area contributed by atoms with Crippen molar-refractivity contribution in [2.45, 2.75) is 13.0 Å². The lowest BCUT2D eigenvalue weighted by Crippen LogP contribution is -2.13. The smallest absolute Gasteiger partial charge is 0.259 e. The number of H-pyrrole nitrogens is 1. The van der Waals surface area contributed by atoms with Crippen LogP contribution in [0.3, 0.4) is 0 Å². The molecule has 0 spiro atoms. The number of ether oxygens (including phenoxy) is 1. The van der Waals surface area contributed by atoms with Gasteiger partial charge in [-0.3, -0.25) is 4.79 Å². The van der Waals surface area contributed by atoms with Gasteiger partial charge in [-0.05, 0) is 24.3 Å². The highest BCUT2D eigenvalue weighted by Crippen LogP contribution is 2.22. The maximum atomic E-state index is 12.5. The maximum absolute atomic E-state index is 12.5. The molecule has 1 aromatic carbocycles. The molecular weight excluding hydrogens is 336 g/mol. The maximum Gasteiger partial charge on any atom is 0.259 e. The number of aryl methyl sites for hydroxylation is 2. The van der Waals surface area contributed by atoms with Crippen molar-refractivity contribution in [2.75, 3.05) is 7.11 Å². The molecule has 4 aromatic rings. The minimum atomic E-state index is -0.154. The van der Waals surface area contributed by atoms with E-state index in [-0.39, 0.29) is 5.56 Å². The van der Waals surface area contributed by atoms with Crippen LogP contribution in [0.25, 0.3) is 22.3 Å². The molecule has 0 aliphatic rings. The Morgan fingerprint density at radius 1 is 1.28 bits per heavy atom. The number of methoxy groups -OCH3 is 1. The summed E-state index contributed by atoms with van der Waals surface area (Å²) in [4.78, 5) is 24.1. The number of pyridine rings is 1. The molecule has 25 heavy (non-hydrogen) atoms. The molecule has 0 bridgehead atoms. The van der Waals surface area contributed by atoms with Crippen LogP contribution in [-0.2, 0) is 13.0 Å². The minimum Gasteiger partial charge on any atom is -0.497 e. The van der Waals surface area contributed by atoms with Crippen molar-refractivity contribution in [3.05, 3.63) is 63.6 Å². The number of benzene rings is 1. The molecule has 0 amide bonds. The number of thiazole rings is 1. The van der Waals surface area contributed by atoms with E-state index in [9.17, 15) is 4.79 Å². The number of rotatable bonds is 5. The number of fused-ring (bicyclic) bond motifs is 1. The van der Waals surface area contributed by atoms with E-state index >= 15 is 0 Å². The predicted octanol–water partition coefficient (Wildman–Crippen LogP) is 3.10. The normalized spacial score (nSPS) is 11.1.